The maximum Gasteiger partial charge on any atom is 0.310 e. The van der Waals surface area contributed by atoms with Gasteiger partial charge in [0.25, 0.3) is 0 Å². The van der Waals surface area contributed by atoms with Crippen LogP contribution in [0, 0.1) is 0 Å². The van der Waals surface area contributed by atoms with E-state index in [4.69, 9.17) is 9.47 Å². The quantitative estimate of drug-likeness (QED) is 0.805. The summed E-state index contributed by atoms with van der Waals surface area (Å²) < 4.78 is 11.3. The van der Waals surface area contributed by atoms with E-state index in [0.29, 0.717) is 17.9 Å². The van der Waals surface area contributed by atoms with Crippen LogP contribution in [0.5, 0.6) is 5.75 Å². The highest BCUT2D eigenvalue weighted by molar-refractivity contribution is 9.10. The molecular weight excluding hydrogens is 300 g/mol. The lowest BCUT2D eigenvalue weighted by molar-refractivity contribution is -0.146. The Morgan fingerprint density at radius 3 is 2.89 bits per heavy atom. The monoisotopic (exact) mass is 312 g/mol. The van der Waals surface area contributed by atoms with Gasteiger partial charge in [0, 0.05) is 4.47 Å². The molecule has 0 amide bonds. The summed E-state index contributed by atoms with van der Waals surface area (Å²) >= 11 is 3.31. The summed E-state index contributed by atoms with van der Waals surface area (Å²) in [5, 5.41) is 0. The Hall–Kier alpha value is -1.36. The van der Waals surface area contributed by atoms with E-state index in [0.717, 1.165) is 4.47 Å². The van der Waals surface area contributed by atoms with Crippen LogP contribution in [-0.2, 0) is 9.53 Å². The van der Waals surface area contributed by atoms with E-state index in [1.54, 1.807) is 32.0 Å². The predicted molar refractivity (Wildman–Crippen MR) is 68.8 cm³/mol. The molecule has 2 rings (SSSR count). The number of fused-ring (bicyclic) bond motifs is 1. The molecule has 1 heterocycles. The van der Waals surface area contributed by atoms with Gasteiger partial charge >= 0.3 is 5.97 Å². The molecule has 0 radical (unpaired) electrons. The van der Waals surface area contributed by atoms with E-state index in [2.05, 4.69) is 15.9 Å². The molecule has 0 saturated heterocycles. The van der Waals surface area contributed by atoms with Crippen molar-refractivity contribution in [3.8, 4) is 5.75 Å². The highest BCUT2D eigenvalue weighted by atomic mass is 79.9. The molecule has 1 aliphatic heterocycles. The summed E-state index contributed by atoms with van der Waals surface area (Å²) in [7, 11) is 0. The van der Waals surface area contributed by atoms with Gasteiger partial charge in [0.2, 0.25) is 5.78 Å². The van der Waals surface area contributed by atoms with Crippen molar-refractivity contribution in [1.82, 2.24) is 0 Å². The maximum absolute atomic E-state index is 12.3. The minimum absolute atomic E-state index is 0.0774. The fourth-order valence-electron chi connectivity index (χ4n) is 1.95. The first kappa shape index (κ1) is 13.1. The fraction of sp³-hybridized carbons (Fsp3) is 0.385. The molecule has 0 fully saturated rings. The van der Waals surface area contributed by atoms with E-state index >= 15 is 0 Å². The van der Waals surface area contributed by atoms with Crippen LogP contribution in [-0.4, -0.2) is 24.0 Å². The molecule has 1 aromatic carbocycles. The number of hydrogen-bond donors (Lipinski definition) is 0. The minimum atomic E-state index is -1.16. The van der Waals surface area contributed by atoms with E-state index in [1.807, 2.05) is 0 Å². The van der Waals surface area contributed by atoms with Gasteiger partial charge in [-0.1, -0.05) is 15.9 Å². The number of carbonyl (C=O) groups excluding carboxylic acids is 2. The number of ketones is 1. The van der Waals surface area contributed by atoms with Crippen LogP contribution in [0.4, 0.5) is 0 Å². The topological polar surface area (TPSA) is 52.6 Å². The van der Waals surface area contributed by atoms with Crippen LogP contribution >= 0.6 is 15.9 Å². The predicted octanol–water partition coefficient (Wildman–Crippen LogP) is 2.74. The summed E-state index contributed by atoms with van der Waals surface area (Å²) in [5.41, 5.74) is -0.661. The molecule has 4 nitrogen and oxygen atoms in total. The average Bonchev–Trinajstić information content (AvgIpc) is 2.52. The summed E-state index contributed by atoms with van der Waals surface area (Å²) in [4.78, 5) is 23.8. The number of hydrogen-bond acceptors (Lipinski definition) is 4. The van der Waals surface area contributed by atoms with Crippen molar-refractivity contribution in [2.45, 2.75) is 25.9 Å². The molecule has 0 spiro atoms. The first-order chi connectivity index (χ1) is 8.46. The third-order valence-corrected chi connectivity index (χ3v) is 3.28. The van der Waals surface area contributed by atoms with Crippen LogP contribution in [0.1, 0.15) is 30.6 Å². The van der Waals surface area contributed by atoms with E-state index in [1.165, 1.54) is 0 Å². The van der Waals surface area contributed by atoms with Crippen molar-refractivity contribution < 1.29 is 19.1 Å². The Bertz CT molecular complexity index is 512. The second-order valence-electron chi connectivity index (χ2n) is 4.28. The minimum Gasteiger partial charge on any atom is -0.478 e. The van der Waals surface area contributed by atoms with Gasteiger partial charge in [-0.25, -0.2) is 0 Å². The van der Waals surface area contributed by atoms with Crippen LogP contribution in [0.25, 0.3) is 0 Å². The molecule has 18 heavy (non-hydrogen) atoms. The molecule has 0 bridgehead atoms. The average molecular weight is 313 g/mol. The number of ether oxygens (including phenoxy) is 2. The highest BCUT2D eigenvalue weighted by Gasteiger charge is 2.45. The van der Waals surface area contributed by atoms with E-state index in [9.17, 15) is 9.59 Å². The second kappa shape index (κ2) is 4.72. The Balaban J connectivity index is 2.24. The molecule has 1 aliphatic rings. The van der Waals surface area contributed by atoms with Gasteiger partial charge in [0.05, 0.1) is 18.6 Å². The standard InChI is InChI=1S/C13H13BrO4/c1-3-17-11(15)7-13(2)12(16)9-6-8(14)4-5-10(9)18-13/h4-6H,3,7H2,1-2H3/t13-/m0/s1. The van der Waals surface area contributed by atoms with Crippen molar-refractivity contribution in [2.24, 2.45) is 0 Å². The van der Waals surface area contributed by atoms with Gasteiger partial charge in [-0.15, -0.1) is 0 Å². The third-order valence-electron chi connectivity index (χ3n) is 2.79. The van der Waals surface area contributed by atoms with E-state index < -0.39 is 11.6 Å². The number of halogens is 1. The summed E-state index contributed by atoms with van der Waals surface area (Å²) in [6, 6.07) is 5.21. The Labute approximate surface area is 113 Å². The van der Waals surface area contributed by atoms with Crippen LogP contribution in [0.3, 0.4) is 0 Å². The summed E-state index contributed by atoms with van der Waals surface area (Å²) in [6.07, 6.45) is -0.0774. The van der Waals surface area contributed by atoms with Gasteiger partial charge in [0.1, 0.15) is 5.75 Å². The summed E-state index contributed by atoms with van der Waals surface area (Å²) in [6.45, 7) is 3.63. The Morgan fingerprint density at radius 1 is 1.50 bits per heavy atom. The van der Waals surface area contributed by atoms with Gasteiger partial charge in [0.15, 0.2) is 5.60 Å². The number of Topliss-reactive ketones (excluding diaryl/α,β-unsaturated/α-hetero) is 1. The van der Waals surface area contributed by atoms with E-state index in [-0.39, 0.29) is 12.2 Å². The first-order valence-electron chi connectivity index (χ1n) is 5.65. The van der Waals surface area contributed by atoms with Gasteiger partial charge in [-0.3, -0.25) is 9.59 Å². The number of esters is 1. The lowest BCUT2D eigenvalue weighted by Crippen LogP contribution is -2.39. The smallest absolute Gasteiger partial charge is 0.310 e. The molecular formula is C13H13BrO4. The molecule has 1 atom stereocenters. The van der Waals surface area contributed by atoms with Crippen LogP contribution in [0.2, 0.25) is 0 Å². The van der Waals surface area contributed by atoms with Crippen LogP contribution < -0.4 is 4.74 Å². The maximum atomic E-state index is 12.3. The lowest BCUT2D eigenvalue weighted by Gasteiger charge is -2.20. The molecule has 0 aromatic heterocycles. The van der Waals surface area contributed by atoms with Crippen molar-refractivity contribution in [1.29, 1.82) is 0 Å². The van der Waals surface area contributed by atoms with Gasteiger partial charge in [-0.05, 0) is 32.0 Å². The zero-order chi connectivity index (χ0) is 13.3. The van der Waals surface area contributed by atoms with Crippen molar-refractivity contribution in [2.75, 3.05) is 6.61 Å². The van der Waals surface area contributed by atoms with Crippen molar-refractivity contribution >= 4 is 27.7 Å². The number of carbonyl (C=O) groups is 2. The van der Waals surface area contributed by atoms with Gasteiger partial charge in [-0.2, -0.15) is 0 Å². The number of rotatable bonds is 3. The van der Waals surface area contributed by atoms with Crippen molar-refractivity contribution in [3.05, 3.63) is 28.2 Å². The van der Waals surface area contributed by atoms with Crippen molar-refractivity contribution in [3.63, 3.8) is 0 Å². The lowest BCUT2D eigenvalue weighted by atomic mass is 9.94. The zero-order valence-electron chi connectivity index (χ0n) is 10.2. The largest absolute Gasteiger partial charge is 0.478 e. The number of benzene rings is 1. The third kappa shape index (κ3) is 2.27. The Kier molecular flexibility index (Phi) is 3.43. The van der Waals surface area contributed by atoms with Crippen LogP contribution in [0.15, 0.2) is 22.7 Å². The molecule has 0 saturated carbocycles. The first-order valence-corrected chi connectivity index (χ1v) is 6.44. The normalized spacial score (nSPS) is 21.4. The Morgan fingerprint density at radius 2 is 2.22 bits per heavy atom. The fourth-order valence-corrected chi connectivity index (χ4v) is 2.31. The van der Waals surface area contributed by atoms with Gasteiger partial charge < -0.3 is 9.47 Å². The molecule has 96 valence electrons. The summed E-state index contributed by atoms with van der Waals surface area (Å²) in [5.74, 6) is -0.109. The molecule has 0 aliphatic carbocycles. The molecule has 5 heteroatoms. The highest BCUT2D eigenvalue weighted by Crippen LogP contribution is 2.38. The molecule has 0 unspecified atom stereocenters. The SMILES string of the molecule is CCOC(=O)C[C@]1(C)Oc2ccc(Br)cc2C1=O. The molecule has 1 aromatic rings. The second-order valence-corrected chi connectivity index (χ2v) is 5.20. The zero-order valence-corrected chi connectivity index (χ0v) is 11.7. The molecule has 0 N–H and O–H groups in total.